The van der Waals surface area contributed by atoms with Crippen LogP contribution in [0.3, 0.4) is 0 Å². The largest absolute Gasteiger partial charge is 0.418 e. The summed E-state index contributed by atoms with van der Waals surface area (Å²) in [5, 5.41) is 12.0. The van der Waals surface area contributed by atoms with Crippen molar-refractivity contribution in [2.45, 2.75) is 113 Å². The van der Waals surface area contributed by atoms with Crippen LogP contribution in [0.5, 0.6) is 0 Å². The summed E-state index contributed by atoms with van der Waals surface area (Å²) < 4.78 is 238. The molecular formula is C92H97F18N27O6S2. The Morgan fingerprint density at radius 1 is 0.324 bits per heavy atom. The molecule has 0 bridgehead atoms. The topological polar surface area (TPSA) is 591 Å². The molecule has 1 atom stereocenters. The molecule has 0 radical (unpaired) electrons. The number of carbonyl (C=O) groups is 6. The van der Waals surface area contributed by atoms with E-state index < -0.39 is 145 Å². The average Bonchev–Trinajstić information content (AvgIpc) is 0.823. The number of hydrogen-bond donors (Lipinski definition) is 15. The zero-order valence-electron chi connectivity index (χ0n) is 77.2. The van der Waals surface area contributed by atoms with Crippen molar-refractivity contribution in [3.8, 4) is 0 Å². The minimum Gasteiger partial charge on any atom is -0.383 e. The van der Waals surface area contributed by atoms with Gasteiger partial charge >= 0.3 is 37.1 Å². The summed E-state index contributed by atoms with van der Waals surface area (Å²) in [6, 6.07) is 28.3. The number of alkyl halides is 18. The van der Waals surface area contributed by atoms with Gasteiger partial charge in [-0.15, -0.1) is 23.5 Å². The van der Waals surface area contributed by atoms with Crippen LogP contribution in [0.25, 0.3) is 0 Å². The molecule has 0 aromatic carbocycles. The highest BCUT2D eigenvalue weighted by Gasteiger charge is 2.44. The van der Waals surface area contributed by atoms with E-state index in [1.807, 2.05) is 20.8 Å². The Bertz CT molecular complexity index is 6210. The molecule has 12 heterocycles. The van der Waals surface area contributed by atoms with Crippen LogP contribution in [0, 0.1) is 5.92 Å². The van der Waals surface area contributed by atoms with Crippen molar-refractivity contribution >= 4 is 116 Å². The van der Waals surface area contributed by atoms with Gasteiger partial charge in [0.25, 0.3) is 0 Å². The van der Waals surface area contributed by atoms with Crippen molar-refractivity contribution in [2.75, 3.05) is 113 Å². The number of carbonyl (C=O) groups excluding carboxylic acids is 6. The molecule has 12 aromatic rings. The predicted molar refractivity (Wildman–Crippen MR) is 511 cm³/mol. The van der Waals surface area contributed by atoms with E-state index in [1.165, 1.54) is 164 Å². The zero-order valence-corrected chi connectivity index (χ0v) is 78.9. The lowest BCUT2D eigenvalue weighted by Crippen LogP contribution is -2.34. The second-order valence-electron chi connectivity index (χ2n) is 31.3. The highest BCUT2D eigenvalue weighted by atomic mass is 32.2. The molecule has 0 aliphatic carbocycles. The zero-order chi connectivity index (χ0) is 108. The Hall–Kier alpha value is -14.9. The standard InChI is InChI=1S/C17H20F3N5O.C16H17F3N4OS.C16H17F3N4O.C15H16F3N5O.C14H14F3N5O.C14H13F3N4OS/c1-9(2)12(8-21)24-13-6-5-11(17(18,19)20)14(25-13)15(26)10-4-3-7-23-16(10)22;1-15(2,21)8-25-11-6-5-10(16(17,18)19)12(23-11)13(24)9-4-3-7-22-14(9)20;1-2-3-8-21-12-7-6-11(16(17,18)19)13(23-12)14(24)10-5-4-9-22-15(10)20;16-15(17,18)10-4-5-11(21-8-2-6-19)23-12(10)13(24)9-3-1-7-22-14(9)20;15-14(16,17)9-3-4-10(20-7-5-18)22-11(9)12(23)8-2-1-6-21-13(8)19;15-14(16,17)9-3-4-10(23-7-5-18)21-11(9)12(22)8-2-1-6-20-13(8)19/h3-7,9,12H,8,21H2,1-2H3,(H2,22,23)(H,24,25);3-7H,8,21H2,1-2H3,(H2,20,22);4-7,9H,2-3,8H2,1H3,(H2,20,22)(H,21,23);1,3-5,7H,2,6,8,19H2,(H2,20,22)(H,21,23);1-4,6H,5,7,18H2,(H2,19,21)(H,20,22);1-4,6H,5,7,18H2,(H2,19,20)/t12-;;;;;/m0...../s1. The third-order valence-corrected chi connectivity index (χ3v) is 21.6. The molecule has 0 spiro atoms. The van der Waals surface area contributed by atoms with Crippen molar-refractivity contribution in [1.82, 2.24) is 59.8 Å². The van der Waals surface area contributed by atoms with E-state index in [0.29, 0.717) is 50.7 Å². The number of nitrogens with one attached hydrogen (secondary N) is 4. The minimum absolute atomic E-state index is 0.110. The summed E-state index contributed by atoms with van der Waals surface area (Å²) in [6.07, 6.45) is -17.9. The highest BCUT2D eigenvalue weighted by molar-refractivity contribution is 7.99. The summed E-state index contributed by atoms with van der Waals surface area (Å²) in [4.78, 5) is 121. The third kappa shape index (κ3) is 34.1. The van der Waals surface area contributed by atoms with Crippen molar-refractivity contribution in [3.05, 3.63) is 284 Å². The maximum Gasteiger partial charge on any atom is 0.418 e. The van der Waals surface area contributed by atoms with Crippen LogP contribution in [-0.2, 0) is 37.1 Å². The van der Waals surface area contributed by atoms with Gasteiger partial charge in [-0.25, -0.2) is 59.8 Å². The molecular weight excluding hydrogens is 1990 g/mol. The van der Waals surface area contributed by atoms with Crippen LogP contribution in [0.15, 0.2) is 193 Å². The molecule has 26 N–H and O–H groups in total. The van der Waals surface area contributed by atoms with E-state index in [2.05, 4.69) is 81.1 Å². The number of nitrogen functional groups attached to an aromatic ring is 6. The Labute approximate surface area is 824 Å². The van der Waals surface area contributed by atoms with Gasteiger partial charge in [-0.05, 0) is 185 Å². The predicted octanol–water partition coefficient (Wildman–Crippen LogP) is 15.5. The van der Waals surface area contributed by atoms with Crippen LogP contribution < -0.4 is 84.3 Å². The fraction of sp³-hybridized carbons (Fsp3) is 0.283. The van der Waals surface area contributed by atoms with Gasteiger partial charge in [0.15, 0.2) is 0 Å². The molecule has 12 rings (SSSR count). The van der Waals surface area contributed by atoms with Gasteiger partial charge in [-0.1, -0.05) is 27.2 Å². The molecule has 145 heavy (non-hydrogen) atoms. The number of unbranched alkanes of at least 4 members (excludes halogenated alkanes) is 1. The molecule has 53 heteroatoms. The summed E-state index contributed by atoms with van der Waals surface area (Å²) in [5.74, 6) is -4.84. The van der Waals surface area contributed by atoms with E-state index in [1.54, 1.807) is 13.8 Å². The molecule has 0 aliphatic heterocycles. The van der Waals surface area contributed by atoms with Crippen LogP contribution >= 0.6 is 23.5 Å². The number of nitrogens with two attached hydrogens (primary N) is 11. The van der Waals surface area contributed by atoms with Gasteiger partial charge in [0, 0.05) is 99.5 Å². The Morgan fingerprint density at radius 3 is 0.807 bits per heavy atom. The quantitative estimate of drug-likeness (QED) is 0.00786. The van der Waals surface area contributed by atoms with E-state index in [0.717, 1.165) is 55.3 Å². The molecule has 0 unspecified atom stereocenters. The van der Waals surface area contributed by atoms with E-state index in [9.17, 15) is 108 Å². The van der Waals surface area contributed by atoms with Gasteiger partial charge in [-0.3, -0.25) is 28.8 Å². The van der Waals surface area contributed by atoms with Crippen LogP contribution in [0.4, 0.5) is 137 Å². The number of pyridine rings is 12. The number of anilines is 10. The first kappa shape index (κ1) is 117. The van der Waals surface area contributed by atoms with Crippen molar-refractivity contribution in [1.29, 1.82) is 0 Å². The monoisotopic (exact) mass is 2080 g/mol. The fourth-order valence-corrected chi connectivity index (χ4v) is 13.6. The highest BCUT2D eigenvalue weighted by Crippen LogP contribution is 2.41. The number of hydrogen-bond acceptors (Lipinski definition) is 35. The lowest BCUT2D eigenvalue weighted by atomic mass is 10.0. The Kier molecular flexibility index (Phi) is 42.3. The fourth-order valence-electron chi connectivity index (χ4n) is 12.1. The number of halogens is 18. The molecule has 774 valence electrons. The third-order valence-electron chi connectivity index (χ3n) is 19.3. The number of rotatable bonds is 33. The number of ketones is 6. The van der Waals surface area contributed by atoms with Gasteiger partial charge in [-0.2, -0.15) is 79.0 Å². The molecule has 12 aromatic heterocycles. The van der Waals surface area contributed by atoms with Crippen LogP contribution in [0.2, 0.25) is 0 Å². The van der Waals surface area contributed by atoms with Gasteiger partial charge < -0.3 is 84.3 Å². The lowest BCUT2D eigenvalue weighted by Gasteiger charge is -2.22. The number of thioether (sulfide) groups is 2. The average molecular weight is 2080 g/mol. The smallest absolute Gasteiger partial charge is 0.383 e. The van der Waals surface area contributed by atoms with Gasteiger partial charge in [0.05, 0.1) is 76.8 Å². The SMILES string of the molecule is CC(C)(N)CSc1ccc(C(F)(F)F)c(C(=O)c2cccnc2N)n1.CC(C)[C@H](CN)Nc1ccc(C(F)(F)F)c(C(=O)c2cccnc2N)n1.CCCCNc1ccc(C(F)(F)F)c(C(=O)c2cccnc2N)n1.NCCCNc1ccc(C(F)(F)F)c(C(=O)c2cccnc2N)n1.NCCNc1ccc(C(F)(F)F)c(C(=O)c2cccnc2N)n1.NCCSc1ccc(C(F)(F)F)c(C(=O)c2cccnc2N)n1. The first-order chi connectivity index (χ1) is 68.0. The first-order valence-corrected chi connectivity index (χ1v) is 44.8. The second-order valence-corrected chi connectivity index (χ2v) is 33.4. The molecule has 0 amide bonds. The van der Waals surface area contributed by atoms with Gasteiger partial charge in [0.1, 0.15) is 92.3 Å². The molecule has 0 aliphatic rings. The first-order valence-electron chi connectivity index (χ1n) is 42.8. The summed E-state index contributed by atoms with van der Waals surface area (Å²) >= 11 is 2.34. The van der Waals surface area contributed by atoms with Crippen molar-refractivity contribution in [2.24, 2.45) is 34.6 Å². The van der Waals surface area contributed by atoms with E-state index in [-0.39, 0.29) is 127 Å². The number of aromatic nitrogens is 12. The van der Waals surface area contributed by atoms with E-state index >= 15 is 0 Å². The normalized spacial score (nSPS) is 11.8. The maximum atomic E-state index is 13.3. The summed E-state index contributed by atoms with van der Waals surface area (Å²) in [6.45, 7) is 12.0. The number of nitrogens with zero attached hydrogens (tertiary/aromatic N) is 12. The Morgan fingerprint density at radius 2 is 0.572 bits per heavy atom. The lowest BCUT2D eigenvalue weighted by molar-refractivity contribution is -0.139. The van der Waals surface area contributed by atoms with Crippen molar-refractivity contribution in [3.63, 3.8) is 0 Å². The second kappa shape index (κ2) is 52.4. The molecule has 0 saturated carbocycles. The maximum absolute atomic E-state index is 13.3. The summed E-state index contributed by atoms with van der Waals surface area (Å²) in [7, 11) is 0. The molecule has 0 fully saturated rings. The van der Waals surface area contributed by atoms with Crippen LogP contribution in [0.1, 0.15) is 184 Å². The van der Waals surface area contributed by atoms with Crippen LogP contribution in [-0.4, -0.2) is 163 Å². The molecule has 33 nitrogen and oxygen atoms in total. The molecule has 0 saturated heterocycles. The summed E-state index contributed by atoms with van der Waals surface area (Å²) in [5.41, 5.74) is 48.8. The van der Waals surface area contributed by atoms with Gasteiger partial charge in [0.2, 0.25) is 34.7 Å². The minimum atomic E-state index is -4.74. The van der Waals surface area contributed by atoms with Crippen molar-refractivity contribution < 1.29 is 108 Å². The van der Waals surface area contributed by atoms with E-state index in [4.69, 9.17) is 63.1 Å². The Balaban J connectivity index is 0.000000236.